The Morgan fingerprint density at radius 3 is 3.00 bits per heavy atom. The fourth-order valence-electron chi connectivity index (χ4n) is 1.20. The largest absolute Gasteiger partial charge is 0.383 e. The second-order valence-corrected chi connectivity index (χ2v) is 3.81. The fourth-order valence-corrected chi connectivity index (χ4v) is 1.69. The zero-order valence-corrected chi connectivity index (χ0v) is 9.88. The van der Waals surface area contributed by atoms with E-state index in [2.05, 4.69) is 26.8 Å². The van der Waals surface area contributed by atoms with Gasteiger partial charge in [0.2, 0.25) is 0 Å². The van der Waals surface area contributed by atoms with Gasteiger partial charge < -0.3 is 10.2 Å². The van der Waals surface area contributed by atoms with Gasteiger partial charge >= 0.3 is 0 Å². The van der Waals surface area contributed by atoms with Crippen molar-refractivity contribution in [1.82, 2.24) is 14.5 Å². The van der Waals surface area contributed by atoms with E-state index < -0.39 is 0 Å². The van der Waals surface area contributed by atoms with Crippen molar-refractivity contribution < 1.29 is 4.74 Å². The minimum Gasteiger partial charge on any atom is -0.383 e. The molecule has 0 bridgehead atoms. The Kier molecular flexibility index (Phi) is 5.48. The third-order valence-electron chi connectivity index (χ3n) is 2.12. The van der Waals surface area contributed by atoms with Crippen LogP contribution in [-0.2, 0) is 11.3 Å². The van der Waals surface area contributed by atoms with Gasteiger partial charge in [-0.25, -0.2) is 5.84 Å². The van der Waals surface area contributed by atoms with Gasteiger partial charge in [0.15, 0.2) is 0 Å². The van der Waals surface area contributed by atoms with E-state index in [9.17, 15) is 0 Å². The van der Waals surface area contributed by atoms with E-state index in [1.54, 1.807) is 7.11 Å². The van der Waals surface area contributed by atoms with Crippen LogP contribution in [0.15, 0.2) is 0 Å². The lowest BCUT2D eigenvalue weighted by Gasteiger charge is -2.18. The van der Waals surface area contributed by atoms with Crippen LogP contribution in [0.25, 0.3) is 0 Å². The number of nitrogens with zero attached hydrogens (tertiary/aromatic N) is 3. The summed E-state index contributed by atoms with van der Waals surface area (Å²) in [7, 11) is 1.70. The highest BCUT2D eigenvalue weighted by Crippen LogP contribution is 2.17. The Balaban J connectivity index is 2.50. The van der Waals surface area contributed by atoms with Crippen LogP contribution in [0.1, 0.15) is 12.6 Å². The average Bonchev–Trinajstić information content (AvgIpc) is 2.71. The molecule has 0 amide bonds. The molecule has 0 aromatic carbocycles. The molecule has 1 heterocycles. The van der Waals surface area contributed by atoms with Crippen molar-refractivity contribution in [1.29, 1.82) is 0 Å². The van der Waals surface area contributed by atoms with Gasteiger partial charge in [-0.05, 0) is 6.54 Å². The highest BCUT2D eigenvalue weighted by Gasteiger charge is 2.10. The SMILES string of the molecule is CCN(CCOC)Cc1nnsc1NN. The molecule has 0 aliphatic rings. The summed E-state index contributed by atoms with van der Waals surface area (Å²) < 4.78 is 8.89. The molecule has 3 N–H and O–H groups in total. The molecule has 0 saturated carbocycles. The second-order valence-electron chi connectivity index (χ2n) is 3.05. The third-order valence-corrected chi connectivity index (χ3v) is 2.82. The fraction of sp³-hybridized carbons (Fsp3) is 0.750. The first kappa shape index (κ1) is 12.3. The molecular formula is C8H17N5OS. The molecule has 15 heavy (non-hydrogen) atoms. The molecule has 7 heteroatoms. The Labute approximate surface area is 93.5 Å². The monoisotopic (exact) mass is 231 g/mol. The maximum Gasteiger partial charge on any atom is 0.148 e. The molecule has 0 saturated heterocycles. The number of hydrogen-bond acceptors (Lipinski definition) is 7. The number of nitrogens with two attached hydrogens (primary N) is 1. The molecule has 0 fully saturated rings. The summed E-state index contributed by atoms with van der Waals surface area (Å²) in [6, 6.07) is 0. The molecular weight excluding hydrogens is 214 g/mol. The number of aromatic nitrogens is 2. The molecule has 1 aromatic heterocycles. The van der Waals surface area contributed by atoms with Crippen LogP contribution in [0.3, 0.4) is 0 Å². The van der Waals surface area contributed by atoms with Crippen LogP contribution < -0.4 is 11.3 Å². The predicted molar refractivity (Wildman–Crippen MR) is 60.5 cm³/mol. The van der Waals surface area contributed by atoms with Gasteiger partial charge in [0.05, 0.1) is 6.61 Å². The van der Waals surface area contributed by atoms with E-state index in [0.717, 1.165) is 36.9 Å². The van der Waals surface area contributed by atoms with Crippen LogP contribution in [0.4, 0.5) is 5.00 Å². The standard InChI is InChI=1S/C8H17N5OS/c1-3-13(4-5-14-2)6-7-8(10-9)15-12-11-7/h10H,3-6,9H2,1-2H3. The van der Waals surface area contributed by atoms with Crippen LogP contribution in [0.2, 0.25) is 0 Å². The van der Waals surface area contributed by atoms with Crippen molar-refractivity contribution >= 4 is 16.5 Å². The molecule has 6 nitrogen and oxygen atoms in total. The van der Waals surface area contributed by atoms with E-state index in [1.807, 2.05) is 0 Å². The van der Waals surface area contributed by atoms with Crippen LogP contribution in [0.5, 0.6) is 0 Å². The predicted octanol–water partition coefficient (Wildman–Crippen LogP) is 0.292. The minimum absolute atomic E-state index is 0.719. The highest BCUT2D eigenvalue weighted by molar-refractivity contribution is 7.10. The lowest BCUT2D eigenvalue weighted by Crippen LogP contribution is -2.27. The number of rotatable bonds is 7. The lowest BCUT2D eigenvalue weighted by molar-refractivity contribution is 0.147. The number of nitrogens with one attached hydrogen (secondary N) is 1. The Morgan fingerprint density at radius 1 is 1.60 bits per heavy atom. The molecule has 0 atom stereocenters. The van der Waals surface area contributed by atoms with Crippen LogP contribution in [-0.4, -0.2) is 41.3 Å². The van der Waals surface area contributed by atoms with Crippen LogP contribution >= 0.6 is 11.5 Å². The molecule has 0 unspecified atom stereocenters. The molecule has 86 valence electrons. The van der Waals surface area contributed by atoms with E-state index in [4.69, 9.17) is 10.6 Å². The van der Waals surface area contributed by atoms with Gasteiger partial charge in [-0.2, -0.15) is 0 Å². The normalized spacial score (nSPS) is 10.9. The zero-order valence-electron chi connectivity index (χ0n) is 9.06. The smallest absolute Gasteiger partial charge is 0.148 e. The third kappa shape index (κ3) is 3.71. The van der Waals surface area contributed by atoms with E-state index in [-0.39, 0.29) is 0 Å². The van der Waals surface area contributed by atoms with Gasteiger partial charge in [0.1, 0.15) is 10.7 Å². The maximum absolute atomic E-state index is 5.35. The summed E-state index contributed by atoms with van der Waals surface area (Å²) in [5, 5.41) is 4.85. The summed E-state index contributed by atoms with van der Waals surface area (Å²) >= 11 is 1.27. The first-order chi connectivity index (χ1) is 7.31. The number of likely N-dealkylation sites (N-methyl/N-ethyl adjacent to an activating group) is 1. The summed E-state index contributed by atoms with van der Waals surface area (Å²) in [5.41, 5.74) is 3.49. The molecule has 1 aromatic rings. The van der Waals surface area contributed by atoms with Gasteiger partial charge in [-0.15, -0.1) is 5.10 Å². The summed E-state index contributed by atoms with van der Waals surface area (Å²) in [4.78, 5) is 2.22. The number of methoxy groups -OCH3 is 1. The van der Waals surface area contributed by atoms with Gasteiger partial charge in [0.25, 0.3) is 0 Å². The first-order valence-corrected chi connectivity index (χ1v) is 5.58. The van der Waals surface area contributed by atoms with E-state index in [1.165, 1.54) is 11.5 Å². The van der Waals surface area contributed by atoms with Crippen molar-refractivity contribution in [2.75, 3.05) is 32.2 Å². The van der Waals surface area contributed by atoms with E-state index >= 15 is 0 Å². The van der Waals surface area contributed by atoms with Crippen molar-refractivity contribution in [2.45, 2.75) is 13.5 Å². The maximum atomic E-state index is 5.35. The van der Waals surface area contributed by atoms with Crippen molar-refractivity contribution in [3.8, 4) is 0 Å². The average molecular weight is 231 g/mol. The van der Waals surface area contributed by atoms with E-state index in [0.29, 0.717) is 0 Å². The number of nitrogen functional groups attached to an aromatic ring is 1. The van der Waals surface area contributed by atoms with Gasteiger partial charge in [-0.1, -0.05) is 11.4 Å². The Bertz CT molecular complexity index is 280. The van der Waals surface area contributed by atoms with Crippen molar-refractivity contribution in [3.05, 3.63) is 5.69 Å². The first-order valence-electron chi connectivity index (χ1n) is 4.81. The second kappa shape index (κ2) is 6.67. The number of hydrogen-bond donors (Lipinski definition) is 2. The van der Waals surface area contributed by atoms with Crippen molar-refractivity contribution in [3.63, 3.8) is 0 Å². The number of anilines is 1. The lowest BCUT2D eigenvalue weighted by atomic mass is 10.4. The molecule has 0 aliphatic carbocycles. The molecule has 0 radical (unpaired) electrons. The quantitative estimate of drug-likeness (QED) is 0.519. The van der Waals surface area contributed by atoms with Crippen molar-refractivity contribution in [2.24, 2.45) is 5.84 Å². The molecule has 0 spiro atoms. The topological polar surface area (TPSA) is 76.3 Å². The number of ether oxygens (including phenoxy) is 1. The number of hydrazine groups is 1. The zero-order chi connectivity index (χ0) is 11.1. The molecule has 1 rings (SSSR count). The minimum atomic E-state index is 0.719. The van der Waals surface area contributed by atoms with Gasteiger partial charge in [-0.3, -0.25) is 4.90 Å². The Morgan fingerprint density at radius 2 is 2.40 bits per heavy atom. The Hall–Kier alpha value is -0.760. The van der Waals surface area contributed by atoms with Gasteiger partial charge in [0, 0.05) is 31.7 Å². The van der Waals surface area contributed by atoms with Crippen LogP contribution in [0, 0.1) is 0 Å². The summed E-state index contributed by atoms with van der Waals surface area (Å²) in [6.07, 6.45) is 0. The summed E-state index contributed by atoms with van der Waals surface area (Å²) in [5.74, 6) is 5.35. The molecule has 0 aliphatic heterocycles. The highest BCUT2D eigenvalue weighted by atomic mass is 32.1. The summed E-state index contributed by atoms with van der Waals surface area (Å²) in [6.45, 7) is 5.40.